The van der Waals surface area contributed by atoms with E-state index in [4.69, 9.17) is 23.0 Å². The van der Waals surface area contributed by atoms with Gasteiger partial charge in [-0.05, 0) is 122 Å². The molecule has 0 heterocycles. The molecule has 308 valence electrons. The number of carbonyl (C=O) groups is 2. The number of ether oxygens (including phenoxy) is 2. The highest BCUT2D eigenvalue weighted by atomic mass is 79.9. The van der Waals surface area contributed by atoms with Crippen LogP contribution in [0.25, 0.3) is 0 Å². The van der Waals surface area contributed by atoms with Crippen molar-refractivity contribution < 1.29 is 37.2 Å². The van der Waals surface area contributed by atoms with Crippen LogP contribution in [0.5, 0.6) is 0 Å². The summed E-state index contributed by atoms with van der Waals surface area (Å²) in [4.78, 5) is 25.2. The van der Waals surface area contributed by atoms with Crippen LogP contribution in [0.15, 0.2) is 48.6 Å². The quantitative estimate of drug-likeness (QED) is 0.0199. The first-order valence-electron chi connectivity index (χ1n) is 20.9. The molecule has 0 fully saturated rings. The van der Waals surface area contributed by atoms with E-state index in [0.29, 0.717) is 24.6 Å². The first-order chi connectivity index (χ1) is 25.9. The molecule has 0 aromatic rings. The van der Waals surface area contributed by atoms with Gasteiger partial charge < -0.3 is 9.47 Å². The van der Waals surface area contributed by atoms with Gasteiger partial charge in [0.05, 0.1) is 13.2 Å². The number of esters is 2. The number of unbranched alkanes of at least 4 members (excludes halogenated alkanes) is 16. The number of hydrogen-bond donors (Lipinski definition) is 0. The van der Waals surface area contributed by atoms with Crippen molar-refractivity contribution in [2.45, 2.75) is 180 Å². The molecule has 0 aromatic carbocycles. The molecule has 2 atom stereocenters. The predicted octanol–water partition coefficient (Wildman–Crippen LogP) is 13.6. The summed E-state index contributed by atoms with van der Waals surface area (Å²) in [7, 11) is -2.61. The summed E-state index contributed by atoms with van der Waals surface area (Å²) in [6.45, 7) is 4.16. The first-order valence-corrected chi connectivity index (χ1v) is 23.4. The zero-order valence-electron chi connectivity index (χ0n) is 33.8. The van der Waals surface area contributed by atoms with Crippen molar-refractivity contribution in [3.8, 4) is 0 Å². The van der Waals surface area contributed by atoms with Crippen LogP contribution in [0, 0.1) is 0 Å². The Kier molecular flexibility index (Phi) is 39.0. The second kappa shape index (κ2) is 40.2. The van der Waals surface area contributed by atoms with E-state index in [1.165, 1.54) is 84.2 Å². The van der Waals surface area contributed by atoms with Gasteiger partial charge in [0, 0.05) is 25.3 Å². The van der Waals surface area contributed by atoms with Crippen molar-refractivity contribution in [1.82, 2.24) is 0 Å². The van der Waals surface area contributed by atoms with Gasteiger partial charge in [0.1, 0.15) is 6.61 Å². The zero-order chi connectivity index (χ0) is 38.9. The van der Waals surface area contributed by atoms with Gasteiger partial charge in [-0.3, -0.25) is 23.2 Å². The third-order valence-corrected chi connectivity index (χ3v) is 10.5. The van der Waals surface area contributed by atoms with E-state index < -0.39 is 19.9 Å². The van der Waals surface area contributed by atoms with E-state index in [-0.39, 0.29) is 38.6 Å². The summed E-state index contributed by atoms with van der Waals surface area (Å²) in [6.07, 6.45) is 42.7. The molecule has 0 saturated heterocycles. The lowest BCUT2D eigenvalue weighted by Crippen LogP contribution is -2.29. The number of allylic oxidation sites excluding steroid dienone is 8. The van der Waals surface area contributed by atoms with E-state index >= 15 is 0 Å². The fourth-order valence-electron chi connectivity index (χ4n) is 5.25. The molecule has 0 N–H and O–H groups in total. The molecule has 0 aromatic heterocycles. The Morgan fingerprint density at radius 3 is 1.34 bits per heavy atom. The maximum atomic E-state index is 12.8. The van der Waals surface area contributed by atoms with Crippen molar-refractivity contribution in [3.05, 3.63) is 48.6 Å². The number of alkyl halides is 1. The molecule has 0 rings (SSSR count). The monoisotopic (exact) mass is 830 g/mol. The van der Waals surface area contributed by atoms with E-state index in [9.17, 15) is 14.2 Å². The maximum Gasteiger partial charge on any atom is 0.474 e. The Balaban J connectivity index is 4.44. The van der Waals surface area contributed by atoms with Gasteiger partial charge in [0.2, 0.25) is 0 Å². The topological polar surface area (TPSA) is 97.4 Å². The van der Waals surface area contributed by atoms with Gasteiger partial charge in [-0.2, -0.15) is 0 Å². The molecule has 0 aliphatic carbocycles. The lowest BCUT2D eigenvalue weighted by Gasteiger charge is -2.21. The van der Waals surface area contributed by atoms with Crippen molar-refractivity contribution in [2.75, 3.05) is 32.3 Å². The van der Waals surface area contributed by atoms with Gasteiger partial charge in [-0.15, -0.1) is 0 Å². The minimum absolute atomic E-state index is 0.173. The lowest BCUT2D eigenvalue weighted by molar-refractivity contribution is -0.161. The second-order valence-electron chi connectivity index (χ2n) is 13.5. The summed E-state index contributed by atoms with van der Waals surface area (Å²) in [6, 6.07) is 0. The van der Waals surface area contributed by atoms with Gasteiger partial charge in [-0.25, -0.2) is 4.57 Å². The van der Waals surface area contributed by atoms with Crippen LogP contribution in [0.2, 0.25) is 0 Å². The highest BCUT2D eigenvalue weighted by Crippen LogP contribution is 2.48. The average Bonchev–Trinajstić information content (AvgIpc) is 3.16. The van der Waals surface area contributed by atoms with Crippen molar-refractivity contribution in [1.29, 1.82) is 0 Å². The highest BCUT2D eigenvalue weighted by molar-refractivity contribution is 9.09. The smallest absolute Gasteiger partial charge is 0.462 e. The van der Waals surface area contributed by atoms with Crippen LogP contribution in [0.3, 0.4) is 0 Å². The van der Waals surface area contributed by atoms with Crippen LogP contribution in [0.4, 0.5) is 0 Å². The Bertz CT molecular complexity index is 1010. The van der Waals surface area contributed by atoms with Crippen LogP contribution in [-0.2, 0) is 37.2 Å². The molecule has 0 radical (unpaired) electrons. The molecule has 0 aliphatic heterocycles. The van der Waals surface area contributed by atoms with Gasteiger partial charge in [0.25, 0.3) is 0 Å². The number of halogens is 1. The minimum atomic E-state index is -3.85. The van der Waals surface area contributed by atoms with Crippen LogP contribution >= 0.6 is 23.8 Å². The number of carbonyl (C=O) groups excluding carboxylic acids is 2. The van der Waals surface area contributed by atoms with Crippen molar-refractivity contribution >= 4 is 35.7 Å². The summed E-state index contributed by atoms with van der Waals surface area (Å²) < 4.78 is 39.6. The molecule has 0 saturated carbocycles. The molecule has 0 amide bonds. The lowest BCUT2D eigenvalue weighted by atomic mass is 10.1. The Hall–Kier alpha value is -1.51. The van der Waals surface area contributed by atoms with Crippen molar-refractivity contribution in [2.24, 2.45) is 0 Å². The van der Waals surface area contributed by atoms with Gasteiger partial charge in [0.15, 0.2) is 6.10 Å². The average molecular weight is 832 g/mol. The highest BCUT2D eigenvalue weighted by Gasteiger charge is 2.28. The summed E-state index contributed by atoms with van der Waals surface area (Å²) in [5, 5.41) is 0.674. The molecule has 1 unspecified atom stereocenters. The third-order valence-electron chi connectivity index (χ3n) is 8.50. The summed E-state index contributed by atoms with van der Waals surface area (Å²) >= 11 is 3.31. The molecule has 0 spiro atoms. The van der Waals surface area contributed by atoms with Crippen molar-refractivity contribution in [3.63, 3.8) is 0 Å². The van der Waals surface area contributed by atoms with Crippen LogP contribution in [0.1, 0.15) is 174 Å². The number of rotatable bonds is 39. The van der Waals surface area contributed by atoms with E-state index in [1.807, 2.05) is 0 Å². The Morgan fingerprint density at radius 1 is 0.547 bits per heavy atom. The predicted molar refractivity (Wildman–Crippen MR) is 224 cm³/mol. The van der Waals surface area contributed by atoms with Crippen LogP contribution < -0.4 is 0 Å². The minimum Gasteiger partial charge on any atom is -0.462 e. The SMILES string of the molecule is CCCCC/C=C\CCCC/C=C\CCCCC(=O)OC[C@H](COP(=O)(OC)OCCCBr)OC(=O)CCCC/C=C\CCCC/C=C\CCCCC. The number of phosphoric ester groups is 1. The van der Waals surface area contributed by atoms with Gasteiger partial charge in [-0.1, -0.05) is 104 Å². The number of hydrogen-bond acceptors (Lipinski definition) is 8. The molecular weight excluding hydrogens is 755 g/mol. The number of phosphoric acid groups is 1. The Morgan fingerprint density at radius 2 is 0.943 bits per heavy atom. The van der Waals surface area contributed by atoms with E-state index in [1.54, 1.807) is 0 Å². The summed E-state index contributed by atoms with van der Waals surface area (Å²) in [5.74, 6) is -0.786. The fraction of sp³-hybridized carbons (Fsp3) is 0.767. The largest absolute Gasteiger partial charge is 0.474 e. The molecule has 0 aliphatic rings. The van der Waals surface area contributed by atoms with Crippen LogP contribution in [-0.4, -0.2) is 50.3 Å². The molecule has 53 heavy (non-hydrogen) atoms. The molecule has 10 heteroatoms. The second-order valence-corrected chi connectivity index (χ2v) is 16.1. The normalized spacial score (nSPS) is 13.8. The summed E-state index contributed by atoms with van der Waals surface area (Å²) in [5.41, 5.74) is 0. The van der Waals surface area contributed by atoms with Gasteiger partial charge >= 0.3 is 19.8 Å². The molecular formula is C43H76BrO8P. The standard InChI is InChI=1S/C43H76BrO8P/c1-4-6-8-10-12-14-16-18-20-22-24-26-28-30-32-35-42(45)49-39-41(40-51-53(47,48-3)50-38-34-37-44)52-43(46)36-33-31-29-27-25-23-21-19-17-15-13-11-9-7-5-2/h12-15,24-27,41H,4-11,16-23,28-40H2,1-3H3/b14-12-,15-13-,26-24-,27-25-/t41-,53?/m1/s1. The molecule has 0 bridgehead atoms. The van der Waals surface area contributed by atoms with E-state index in [2.05, 4.69) is 78.4 Å². The maximum absolute atomic E-state index is 12.8. The fourth-order valence-corrected chi connectivity index (χ4v) is 6.46. The first kappa shape index (κ1) is 51.5. The van der Waals surface area contributed by atoms with E-state index in [0.717, 1.165) is 51.4 Å². The third kappa shape index (κ3) is 37.2. The zero-order valence-corrected chi connectivity index (χ0v) is 36.3. The Labute approximate surface area is 333 Å². The molecule has 8 nitrogen and oxygen atoms in total.